The van der Waals surface area contributed by atoms with E-state index >= 15 is 0 Å². The van der Waals surface area contributed by atoms with Crippen LogP contribution in [-0.2, 0) is 24.8 Å². The van der Waals surface area contributed by atoms with Crippen LogP contribution in [0.25, 0.3) is 10.9 Å². The van der Waals surface area contributed by atoms with Gasteiger partial charge in [-0.3, -0.25) is 4.90 Å². The molecule has 1 saturated heterocycles. The summed E-state index contributed by atoms with van der Waals surface area (Å²) in [5, 5.41) is 14.7. The van der Waals surface area contributed by atoms with Crippen molar-refractivity contribution in [3.8, 4) is 0 Å². The number of para-hydroxylation sites is 1. The van der Waals surface area contributed by atoms with E-state index in [1.165, 1.54) is 16.5 Å². The molecule has 31 heavy (non-hydrogen) atoms. The lowest BCUT2D eigenvalue weighted by atomic mass is 10.1. The Morgan fingerprint density at radius 1 is 1.16 bits per heavy atom. The molecule has 1 aromatic carbocycles. The summed E-state index contributed by atoms with van der Waals surface area (Å²) >= 11 is 1.56. The van der Waals surface area contributed by atoms with Crippen molar-refractivity contribution in [2.24, 2.45) is 7.05 Å². The molecular formula is C23H26N6OS. The fourth-order valence-corrected chi connectivity index (χ4v) is 4.76. The van der Waals surface area contributed by atoms with Gasteiger partial charge in [-0.1, -0.05) is 42.5 Å². The van der Waals surface area contributed by atoms with E-state index in [0.717, 1.165) is 47.7 Å². The number of hydrogen-bond donors (Lipinski definition) is 1. The van der Waals surface area contributed by atoms with E-state index in [0.29, 0.717) is 6.61 Å². The monoisotopic (exact) mass is 434 g/mol. The summed E-state index contributed by atoms with van der Waals surface area (Å²) in [6.07, 6.45) is 3.07. The van der Waals surface area contributed by atoms with Gasteiger partial charge in [-0.15, -0.1) is 10.2 Å². The van der Waals surface area contributed by atoms with E-state index in [4.69, 9.17) is 9.72 Å². The number of pyridine rings is 1. The van der Waals surface area contributed by atoms with Crippen LogP contribution in [0.4, 0.5) is 10.9 Å². The van der Waals surface area contributed by atoms with Crippen molar-refractivity contribution in [3.05, 3.63) is 64.9 Å². The molecule has 8 heteroatoms. The molecule has 0 unspecified atom stereocenters. The first-order valence-corrected chi connectivity index (χ1v) is 11.4. The highest BCUT2D eigenvalue weighted by Crippen LogP contribution is 2.27. The second kappa shape index (κ2) is 8.74. The van der Waals surface area contributed by atoms with Crippen LogP contribution in [0.3, 0.4) is 0 Å². The van der Waals surface area contributed by atoms with Crippen LogP contribution in [0.5, 0.6) is 0 Å². The molecule has 0 aliphatic carbocycles. The lowest BCUT2D eigenvalue weighted by Gasteiger charge is -2.32. The molecule has 7 nitrogen and oxygen atoms in total. The molecule has 4 heterocycles. The molecule has 0 spiro atoms. The van der Waals surface area contributed by atoms with Crippen LogP contribution >= 0.6 is 11.3 Å². The van der Waals surface area contributed by atoms with Gasteiger partial charge in [0.15, 0.2) is 0 Å². The fraction of sp³-hybridized carbons (Fsp3) is 0.348. The van der Waals surface area contributed by atoms with Crippen LogP contribution in [0.2, 0.25) is 0 Å². The van der Waals surface area contributed by atoms with Gasteiger partial charge in [-0.05, 0) is 30.2 Å². The molecule has 1 atom stereocenters. The van der Waals surface area contributed by atoms with Crippen molar-refractivity contribution < 1.29 is 4.74 Å². The van der Waals surface area contributed by atoms with E-state index < -0.39 is 0 Å². The van der Waals surface area contributed by atoms with Crippen LogP contribution in [-0.4, -0.2) is 44.3 Å². The zero-order chi connectivity index (χ0) is 21.2. The van der Waals surface area contributed by atoms with Crippen molar-refractivity contribution in [1.29, 1.82) is 0 Å². The minimum Gasteiger partial charge on any atom is -0.369 e. The van der Waals surface area contributed by atoms with Crippen LogP contribution in [0.1, 0.15) is 29.3 Å². The van der Waals surface area contributed by atoms with Gasteiger partial charge in [-0.2, -0.15) is 0 Å². The molecule has 5 rings (SSSR count). The number of nitrogens with one attached hydrogen (secondary N) is 1. The number of anilines is 2. The van der Waals surface area contributed by atoms with Crippen molar-refractivity contribution in [2.75, 3.05) is 25.0 Å². The Balaban J connectivity index is 1.30. The molecule has 1 fully saturated rings. The molecule has 1 aliphatic heterocycles. The molecule has 0 amide bonds. The summed E-state index contributed by atoms with van der Waals surface area (Å²) in [4.78, 5) is 7.25. The number of rotatable bonds is 6. The normalized spacial score (nSPS) is 17.3. The number of aryl methyl sites for hydroxylation is 2. The maximum absolute atomic E-state index is 6.09. The Morgan fingerprint density at radius 3 is 2.94 bits per heavy atom. The fourth-order valence-electron chi connectivity index (χ4n) is 4.07. The summed E-state index contributed by atoms with van der Waals surface area (Å²) in [6, 6.07) is 14.6. The highest BCUT2D eigenvalue weighted by atomic mass is 32.1. The number of hydrogen-bond acceptors (Lipinski definition) is 7. The Morgan fingerprint density at radius 2 is 2.06 bits per heavy atom. The number of ether oxygens (including phenoxy) is 1. The lowest BCUT2D eigenvalue weighted by molar-refractivity contribution is -0.0348. The molecule has 160 valence electrons. The van der Waals surface area contributed by atoms with Gasteiger partial charge in [0.25, 0.3) is 0 Å². The molecule has 1 N–H and O–H groups in total. The van der Waals surface area contributed by atoms with E-state index in [-0.39, 0.29) is 6.10 Å². The molecule has 3 aromatic heterocycles. The number of morpholine rings is 1. The van der Waals surface area contributed by atoms with Gasteiger partial charge < -0.3 is 14.6 Å². The Kier molecular flexibility index (Phi) is 5.67. The number of benzene rings is 1. The molecule has 1 aliphatic rings. The Labute approximate surface area is 185 Å². The highest BCUT2D eigenvalue weighted by Gasteiger charge is 2.24. The molecule has 0 radical (unpaired) electrons. The van der Waals surface area contributed by atoms with Crippen molar-refractivity contribution in [3.63, 3.8) is 0 Å². The maximum atomic E-state index is 6.09. The van der Waals surface area contributed by atoms with Gasteiger partial charge in [-0.25, -0.2) is 4.98 Å². The van der Waals surface area contributed by atoms with Crippen LogP contribution in [0, 0.1) is 0 Å². The lowest BCUT2D eigenvalue weighted by Crippen LogP contribution is -2.38. The third-order valence-electron chi connectivity index (χ3n) is 5.63. The summed E-state index contributed by atoms with van der Waals surface area (Å²) < 4.78 is 8.29. The summed E-state index contributed by atoms with van der Waals surface area (Å²) in [6.45, 7) is 5.42. The van der Waals surface area contributed by atoms with Crippen LogP contribution in [0.15, 0.2) is 48.7 Å². The third-order valence-corrected chi connectivity index (χ3v) is 6.61. The number of nitrogens with zero attached hydrogens (tertiary/aromatic N) is 5. The van der Waals surface area contributed by atoms with E-state index in [1.807, 2.05) is 18.2 Å². The second-order valence-electron chi connectivity index (χ2n) is 7.80. The van der Waals surface area contributed by atoms with Crippen LogP contribution < -0.4 is 5.32 Å². The standard InChI is InChI=1S/C23H26N6OS/c1-3-22-26-27-23(31-22)25-21-10-6-8-18(24-21)20-15-29(11-12-30-20)14-16-13-28(2)19-9-5-4-7-17(16)19/h4-10,13,20H,3,11-12,14-15H2,1-2H3,(H,24,25,27)/t20-/m1/s1. The van der Waals surface area contributed by atoms with Crippen molar-refractivity contribution in [1.82, 2.24) is 24.6 Å². The zero-order valence-corrected chi connectivity index (χ0v) is 18.6. The quantitative estimate of drug-likeness (QED) is 0.488. The summed E-state index contributed by atoms with van der Waals surface area (Å²) in [5.41, 5.74) is 3.56. The summed E-state index contributed by atoms with van der Waals surface area (Å²) in [7, 11) is 2.11. The van der Waals surface area contributed by atoms with Gasteiger partial charge in [0.1, 0.15) is 16.9 Å². The predicted molar refractivity (Wildman–Crippen MR) is 124 cm³/mol. The third kappa shape index (κ3) is 4.32. The van der Waals surface area contributed by atoms with Gasteiger partial charge in [0.05, 0.1) is 12.3 Å². The van der Waals surface area contributed by atoms with E-state index in [1.54, 1.807) is 11.3 Å². The molecular weight excluding hydrogens is 408 g/mol. The van der Waals surface area contributed by atoms with Crippen molar-refractivity contribution in [2.45, 2.75) is 26.0 Å². The minimum absolute atomic E-state index is 0.0499. The number of fused-ring (bicyclic) bond motifs is 1. The first-order valence-electron chi connectivity index (χ1n) is 10.6. The Bertz CT molecular complexity index is 1190. The zero-order valence-electron chi connectivity index (χ0n) is 17.8. The van der Waals surface area contributed by atoms with E-state index in [2.05, 4.69) is 69.4 Å². The average molecular weight is 435 g/mol. The first-order chi connectivity index (χ1) is 15.2. The number of aromatic nitrogens is 4. The maximum Gasteiger partial charge on any atom is 0.211 e. The predicted octanol–water partition coefficient (Wildman–Crippen LogP) is 4.30. The molecule has 4 aromatic rings. The van der Waals surface area contributed by atoms with Gasteiger partial charge in [0, 0.05) is 43.8 Å². The SMILES string of the molecule is CCc1nnc(Nc2cccc([C@H]3CN(Cc4cn(C)c5ccccc45)CCO3)n2)s1. The topological polar surface area (TPSA) is 68.1 Å². The second-order valence-corrected chi connectivity index (χ2v) is 8.87. The summed E-state index contributed by atoms with van der Waals surface area (Å²) in [5.74, 6) is 0.770. The first kappa shape index (κ1) is 20.1. The van der Waals surface area contributed by atoms with Gasteiger partial charge in [0.2, 0.25) is 5.13 Å². The largest absolute Gasteiger partial charge is 0.369 e. The molecule has 0 saturated carbocycles. The molecule has 0 bridgehead atoms. The average Bonchev–Trinajstić information content (AvgIpc) is 3.38. The smallest absolute Gasteiger partial charge is 0.211 e. The van der Waals surface area contributed by atoms with Crippen molar-refractivity contribution >= 4 is 33.2 Å². The van der Waals surface area contributed by atoms with Gasteiger partial charge >= 0.3 is 0 Å². The minimum atomic E-state index is -0.0499. The highest BCUT2D eigenvalue weighted by molar-refractivity contribution is 7.15. The van der Waals surface area contributed by atoms with E-state index in [9.17, 15) is 0 Å². The Hall–Kier alpha value is -2.81.